The number of anilines is 1. The van der Waals surface area contributed by atoms with Gasteiger partial charge in [0.25, 0.3) is 0 Å². The van der Waals surface area contributed by atoms with E-state index in [1.807, 2.05) is 32.0 Å². The summed E-state index contributed by atoms with van der Waals surface area (Å²) in [5, 5.41) is 0.473. The molecule has 0 amide bonds. The van der Waals surface area contributed by atoms with Crippen molar-refractivity contribution in [1.82, 2.24) is 9.97 Å². The highest BCUT2D eigenvalue weighted by atomic mass is 35.5. The van der Waals surface area contributed by atoms with Crippen molar-refractivity contribution < 1.29 is 9.53 Å². The molecule has 6 heteroatoms. The van der Waals surface area contributed by atoms with Gasteiger partial charge in [0.15, 0.2) is 5.78 Å². The molecule has 1 aromatic heterocycles. The molecule has 5 nitrogen and oxygen atoms in total. The van der Waals surface area contributed by atoms with Crippen LogP contribution >= 0.6 is 11.6 Å². The number of Topliss-reactive ketones (excluding diaryl/α,β-unsaturated/α-hetero) is 1. The van der Waals surface area contributed by atoms with Crippen molar-refractivity contribution in [2.45, 2.75) is 52.1 Å². The van der Waals surface area contributed by atoms with E-state index in [0.717, 1.165) is 66.4 Å². The Labute approximate surface area is 164 Å². The summed E-state index contributed by atoms with van der Waals surface area (Å²) in [6, 6.07) is 5.71. The van der Waals surface area contributed by atoms with E-state index in [2.05, 4.69) is 21.8 Å². The number of carbonyl (C=O) groups excluding carboxylic acids is 1. The molecule has 0 saturated carbocycles. The molecule has 0 unspecified atom stereocenters. The van der Waals surface area contributed by atoms with E-state index in [0.29, 0.717) is 11.6 Å². The minimum absolute atomic E-state index is 0.186. The molecule has 1 saturated heterocycles. The summed E-state index contributed by atoms with van der Waals surface area (Å²) < 4.78 is 6.49. The molecule has 0 aliphatic carbocycles. The summed E-state index contributed by atoms with van der Waals surface area (Å²) in [5.41, 5.74) is 2.53. The first-order valence-corrected chi connectivity index (χ1v) is 9.89. The largest absolute Gasteiger partial charge is 0.486 e. The maximum absolute atomic E-state index is 12.8. The molecular formula is C21H24ClN3O2. The molecule has 3 heterocycles. The second-order valence-corrected chi connectivity index (χ2v) is 7.96. The number of ketones is 1. The number of aromatic nitrogens is 2. The Morgan fingerprint density at radius 3 is 2.67 bits per heavy atom. The smallest absolute Gasteiger partial charge is 0.170 e. The van der Waals surface area contributed by atoms with Gasteiger partial charge in [0, 0.05) is 38.4 Å². The van der Waals surface area contributed by atoms with E-state index >= 15 is 0 Å². The van der Waals surface area contributed by atoms with Gasteiger partial charge in [-0.15, -0.1) is 0 Å². The van der Waals surface area contributed by atoms with Crippen LogP contribution in [0.25, 0.3) is 0 Å². The summed E-state index contributed by atoms with van der Waals surface area (Å²) in [5.74, 6) is 2.57. The Balaban J connectivity index is 1.56. The Morgan fingerprint density at radius 1 is 1.22 bits per heavy atom. The van der Waals surface area contributed by atoms with Gasteiger partial charge in [-0.1, -0.05) is 24.6 Å². The van der Waals surface area contributed by atoms with Gasteiger partial charge < -0.3 is 9.64 Å². The summed E-state index contributed by atoms with van der Waals surface area (Å²) in [6.07, 6.45) is 2.77. The number of rotatable bonds is 2. The SMILES string of the molecule is CCc1nc(Cl)cc(N2CCC3(CC2)CC(=O)c2ccc(C)c(C)c2O3)n1. The van der Waals surface area contributed by atoms with Crippen molar-refractivity contribution >= 4 is 23.2 Å². The van der Waals surface area contributed by atoms with Crippen LogP contribution in [0.15, 0.2) is 18.2 Å². The minimum atomic E-state index is -0.413. The summed E-state index contributed by atoms with van der Waals surface area (Å²) in [6.45, 7) is 7.67. The van der Waals surface area contributed by atoms with E-state index < -0.39 is 5.60 Å². The third-order valence-corrected chi connectivity index (χ3v) is 6.01. The molecule has 0 atom stereocenters. The first-order valence-electron chi connectivity index (χ1n) is 9.51. The molecule has 2 aromatic rings. The third kappa shape index (κ3) is 3.29. The van der Waals surface area contributed by atoms with Crippen molar-refractivity contribution in [3.8, 4) is 5.75 Å². The van der Waals surface area contributed by atoms with E-state index in [1.54, 1.807) is 0 Å². The first-order chi connectivity index (χ1) is 12.9. The highest BCUT2D eigenvalue weighted by molar-refractivity contribution is 6.29. The van der Waals surface area contributed by atoms with Gasteiger partial charge in [0.05, 0.1) is 12.0 Å². The number of benzene rings is 1. The Kier molecular flexibility index (Phi) is 4.58. The van der Waals surface area contributed by atoms with Crippen LogP contribution in [0.2, 0.25) is 5.15 Å². The molecule has 4 rings (SSSR count). The van der Waals surface area contributed by atoms with Crippen LogP contribution in [0.5, 0.6) is 5.75 Å². The summed E-state index contributed by atoms with van der Waals surface area (Å²) >= 11 is 6.15. The molecule has 0 bridgehead atoms. The molecule has 1 spiro atoms. The zero-order chi connectivity index (χ0) is 19.2. The van der Waals surface area contributed by atoms with Crippen LogP contribution in [-0.2, 0) is 6.42 Å². The predicted molar refractivity (Wildman–Crippen MR) is 106 cm³/mol. The van der Waals surface area contributed by atoms with Crippen LogP contribution in [0.1, 0.15) is 53.5 Å². The number of carbonyl (C=O) groups is 1. The monoisotopic (exact) mass is 385 g/mol. The van der Waals surface area contributed by atoms with Gasteiger partial charge in [-0.3, -0.25) is 4.79 Å². The normalized spacial score (nSPS) is 18.4. The average Bonchev–Trinajstić information content (AvgIpc) is 2.65. The van der Waals surface area contributed by atoms with E-state index in [9.17, 15) is 4.79 Å². The predicted octanol–water partition coefficient (Wildman–Crippen LogP) is 4.31. The molecule has 27 heavy (non-hydrogen) atoms. The number of halogens is 1. The molecule has 1 fully saturated rings. The Morgan fingerprint density at radius 2 is 1.96 bits per heavy atom. The molecule has 1 aromatic carbocycles. The molecular weight excluding hydrogens is 362 g/mol. The van der Waals surface area contributed by atoms with Crippen LogP contribution in [0, 0.1) is 13.8 Å². The maximum atomic E-state index is 12.8. The number of hydrogen-bond donors (Lipinski definition) is 0. The second-order valence-electron chi connectivity index (χ2n) is 7.57. The fourth-order valence-electron chi connectivity index (χ4n) is 3.98. The second kappa shape index (κ2) is 6.79. The average molecular weight is 386 g/mol. The highest BCUT2D eigenvalue weighted by Gasteiger charge is 2.43. The number of aryl methyl sites for hydroxylation is 2. The number of fused-ring (bicyclic) bond motifs is 1. The zero-order valence-corrected chi connectivity index (χ0v) is 16.8. The minimum Gasteiger partial charge on any atom is -0.486 e. The van der Waals surface area contributed by atoms with Crippen LogP contribution in [-0.4, -0.2) is 34.4 Å². The number of piperidine rings is 1. The van der Waals surface area contributed by atoms with E-state index in [1.165, 1.54) is 0 Å². The van der Waals surface area contributed by atoms with Crippen molar-refractivity contribution in [1.29, 1.82) is 0 Å². The van der Waals surface area contributed by atoms with Crippen LogP contribution < -0.4 is 9.64 Å². The summed E-state index contributed by atoms with van der Waals surface area (Å²) in [4.78, 5) is 23.8. The quantitative estimate of drug-likeness (QED) is 0.721. The topological polar surface area (TPSA) is 55.3 Å². The lowest BCUT2D eigenvalue weighted by Crippen LogP contribution is -2.51. The van der Waals surface area contributed by atoms with Crippen molar-refractivity contribution in [3.63, 3.8) is 0 Å². The lowest BCUT2D eigenvalue weighted by molar-refractivity contribution is 0.0225. The van der Waals surface area contributed by atoms with Crippen LogP contribution in [0.4, 0.5) is 5.82 Å². The Bertz CT molecular complexity index is 905. The highest BCUT2D eigenvalue weighted by Crippen LogP contribution is 2.42. The van der Waals surface area contributed by atoms with Gasteiger partial charge >= 0.3 is 0 Å². The van der Waals surface area contributed by atoms with Gasteiger partial charge in [-0.2, -0.15) is 0 Å². The van der Waals surface area contributed by atoms with E-state index in [4.69, 9.17) is 16.3 Å². The van der Waals surface area contributed by atoms with Crippen molar-refractivity contribution in [2.75, 3.05) is 18.0 Å². The molecule has 142 valence electrons. The standard InChI is InChI=1S/C21H24ClN3O2/c1-4-18-23-17(22)11-19(24-18)25-9-7-21(8-10-25)12-16(26)15-6-5-13(2)14(3)20(15)27-21/h5-6,11H,4,7-10,12H2,1-3H3. The number of nitrogens with zero attached hydrogens (tertiary/aromatic N) is 3. The zero-order valence-electron chi connectivity index (χ0n) is 16.0. The lowest BCUT2D eigenvalue weighted by Gasteiger charge is -2.44. The van der Waals surface area contributed by atoms with E-state index in [-0.39, 0.29) is 5.78 Å². The van der Waals surface area contributed by atoms with Gasteiger partial charge in [0.1, 0.15) is 28.1 Å². The first kappa shape index (κ1) is 18.2. The van der Waals surface area contributed by atoms with Gasteiger partial charge in [0.2, 0.25) is 0 Å². The number of ether oxygens (including phenoxy) is 1. The number of hydrogen-bond acceptors (Lipinski definition) is 5. The molecule has 0 radical (unpaired) electrons. The third-order valence-electron chi connectivity index (χ3n) is 5.82. The van der Waals surface area contributed by atoms with Gasteiger partial charge in [-0.25, -0.2) is 9.97 Å². The molecule has 2 aliphatic rings. The fraction of sp³-hybridized carbons (Fsp3) is 0.476. The van der Waals surface area contributed by atoms with Crippen molar-refractivity contribution in [2.24, 2.45) is 0 Å². The van der Waals surface area contributed by atoms with Gasteiger partial charge in [-0.05, 0) is 31.0 Å². The fourth-order valence-corrected chi connectivity index (χ4v) is 4.17. The van der Waals surface area contributed by atoms with Crippen molar-refractivity contribution in [3.05, 3.63) is 45.9 Å². The maximum Gasteiger partial charge on any atom is 0.170 e. The molecule has 2 aliphatic heterocycles. The Hall–Kier alpha value is -2.14. The van der Waals surface area contributed by atoms with Crippen LogP contribution in [0.3, 0.4) is 0 Å². The lowest BCUT2D eigenvalue weighted by atomic mass is 9.81. The summed E-state index contributed by atoms with van der Waals surface area (Å²) in [7, 11) is 0. The molecule has 0 N–H and O–H groups in total.